The number of aryl methyl sites for hydroxylation is 1. The summed E-state index contributed by atoms with van der Waals surface area (Å²) in [6.07, 6.45) is 1.28. The molecule has 80 valence electrons. The van der Waals surface area contributed by atoms with Gasteiger partial charge in [0.2, 0.25) is 0 Å². The van der Waals surface area contributed by atoms with E-state index in [0.29, 0.717) is 0 Å². The van der Waals surface area contributed by atoms with Crippen molar-refractivity contribution in [3.05, 3.63) is 38.7 Å². The molecule has 0 radical (unpaired) electrons. The third kappa shape index (κ3) is 2.65. The third-order valence-electron chi connectivity index (χ3n) is 1.78. The van der Waals surface area contributed by atoms with E-state index in [2.05, 4.69) is 25.9 Å². The van der Waals surface area contributed by atoms with Crippen LogP contribution in [0.3, 0.4) is 0 Å². The Hall–Kier alpha value is -1.16. The van der Waals surface area contributed by atoms with Crippen molar-refractivity contribution >= 4 is 27.0 Å². The summed E-state index contributed by atoms with van der Waals surface area (Å²) in [6, 6.07) is 3.86. The average Bonchev–Trinajstić information content (AvgIpc) is 2.19. The number of aromatic nitrogens is 2. The monoisotopic (exact) mass is 268 g/mol. The van der Waals surface area contributed by atoms with Crippen LogP contribution >= 0.6 is 15.9 Å². The minimum atomic E-state index is -0.176. The number of aromatic amines is 1. The fourth-order valence-electron chi connectivity index (χ4n) is 1.25. The van der Waals surface area contributed by atoms with Gasteiger partial charge in [-0.25, -0.2) is 4.98 Å². The van der Waals surface area contributed by atoms with Crippen molar-refractivity contribution in [1.29, 1.82) is 0 Å². The second kappa shape index (κ2) is 5.07. The summed E-state index contributed by atoms with van der Waals surface area (Å²) in [6.45, 7) is 5.97. The van der Waals surface area contributed by atoms with Crippen LogP contribution in [0.1, 0.15) is 19.4 Å². The van der Waals surface area contributed by atoms with Crippen LogP contribution in [-0.2, 0) is 0 Å². The molecule has 0 aliphatic rings. The Labute approximate surface area is 96.7 Å². The Kier molecular flexibility index (Phi) is 4.03. The van der Waals surface area contributed by atoms with Crippen LogP contribution in [0.4, 0.5) is 0 Å². The second-order valence-electron chi connectivity index (χ2n) is 2.89. The molecular weight excluding hydrogens is 256 g/mol. The molecule has 0 fully saturated rings. The highest BCUT2D eigenvalue weighted by Crippen LogP contribution is 2.20. The van der Waals surface area contributed by atoms with E-state index in [0.717, 1.165) is 21.1 Å². The van der Waals surface area contributed by atoms with Crippen molar-refractivity contribution < 1.29 is 0 Å². The molecule has 0 spiro atoms. The minimum absolute atomic E-state index is 0.176. The summed E-state index contributed by atoms with van der Waals surface area (Å²) in [7, 11) is 0. The van der Waals surface area contributed by atoms with Gasteiger partial charge < -0.3 is 4.98 Å². The van der Waals surface area contributed by atoms with Crippen molar-refractivity contribution in [1.82, 2.24) is 9.97 Å². The molecule has 15 heavy (non-hydrogen) atoms. The van der Waals surface area contributed by atoms with Crippen molar-refractivity contribution in [2.75, 3.05) is 0 Å². The summed E-state index contributed by atoms with van der Waals surface area (Å²) in [4.78, 5) is 17.7. The molecule has 0 saturated carbocycles. The molecule has 0 saturated heterocycles. The highest BCUT2D eigenvalue weighted by molar-refractivity contribution is 9.10. The van der Waals surface area contributed by atoms with Gasteiger partial charge in [0.25, 0.3) is 5.56 Å². The average molecular weight is 269 g/mol. The first-order chi connectivity index (χ1) is 7.16. The van der Waals surface area contributed by atoms with Crippen LogP contribution < -0.4 is 5.56 Å². The van der Waals surface area contributed by atoms with Gasteiger partial charge in [-0.2, -0.15) is 0 Å². The van der Waals surface area contributed by atoms with Gasteiger partial charge in [-0.05, 0) is 40.5 Å². The zero-order valence-corrected chi connectivity index (χ0v) is 10.6. The van der Waals surface area contributed by atoms with E-state index >= 15 is 0 Å². The van der Waals surface area contributed by atoms with E-state index in [-0.39, 0.29) is 5.56 Å². The number of benzene rings is 1. The number of hydrogen-bond acceptors (Lipinski definition) is 2. The fraction of sp³-hybridized carbons (Fsp3) is 0.273. The van der Waals surface area contributed by atoms with Gasteiger partial charge in [-0.1, -0.05) is 13.8 Å². The molecule has 4 heteroatoms. The van der Waals surface area contributed by atoms with Gasteiger partial charge in [0, 0.05) is 4.47 Å². The normalized spacial score (nSPS) is 9.60. The van der Waals surface area contributed by atoms with Crippen LogP contribution in [0, 0.1) is 6.92 Å². The second-order valence-corrected chi connectivity index (χ2v) is 3.74. The SMILES string of the molecule is CC.Cc1cc(Br)c2ncc(=O)[nH]c2c1. The van der Waals surface area contributed by atoms with E-state index in [1.54, 1.807) is 0 Å². The van der Waals surface area contributed by atoms with E-state index in [1.807, 2.05) is 32.9 Å². The quantitative estimate of drug-likeness (QED) is 0.799. The molecular formula is C11H13BrN2O. The topological polar surface area (TPSA) is 45.8 Å². The first-order valence-electron chi connectivity index (χ1n) is 4.82. The van der Waals surface area contributed by atoms with Crippen molar-refractivity contribution in [3.63, 3.8) is 0 Å². The molecule has 1 aromatic heterocycles. The summed E-state index contributed by atoms with van der Waals surface area (Å²) in [5.41, 5.74) is 2.46. The highest BCUT2D eigenvalue weighted by atomic mass is 79.9. The zero-order valence-electron chi connectivity index (χ0n) is 8.97. The predicted molar refractivity (Wildman–Crippen MR) is 66.1 cm³/mol. The molecule has 0 atom stereocenters. The number of rotatable bonds is 0. The summed E-state index contributed by atoms with van der Waals surface area (Å²) >= 11 is 3.39. The van der Waals surface area contributed by atoms with Gasteiger partial charge in [-0.3, -0.25) is 4.79 Å². The Balaban J connectivity index is 0.000000531. The summed E-state index contributed by atoms with van der Waals surface area (Å²) < 4.78 is 0.902. The Morgan fingerprint density at radius 2 is 2.00 bits per heavy atom. The number of fused-ring (bicyclic) bond motifs is 1. The fourth-order valence-corrected chi connectivity index (χ4v) is 1.93. The van der Waals surface area contributed by atoms with Gasteiger partial charge in [0.05, 0.1) is 11.7 Å². The molecule has 1 N–H and O–H groups in total. The standard InChI is InChI=1S/C9H7BrN2O.C2H6/c1-5-2-6(10)9-7(3-5)12-8(13)4-11-9;1-2/h2-4H,1H3,(H,12,13);1-2H3. The molecule has 0 bridgehead atoms. The Morgan fingerprint density at radius 1 is 1.33 bits per heavy atom. The van der Waals surface area contributed by atoms with Gasteiger partial charge in [-0.15, -0.1) is 0 Å². The molecule has 2 rings (SSSR count). The maximum atomic E-state index is 11.0. The molecule has 3 nitrogen and oxygen atoms in total. The lowest BCUT2D eigenvalue weighted by Crippen LogP contribution is -2.05. The minimum Gasteiger partial charge on any atom is -0.319 e. The van der Waals surface area contributed by atoms with Gasteiger partial charge in [0.15, 0.2) is 0 Å². The molecule has 0 amide bonds. The predicted octanol–water partition coefficient (Wildman–Crippen LogP) is 3.02. The van der Waals surface area contributed by atoms with Gasteiger partial charge in [0.1, 0.15) is 5.52 Å². The van der Waals surface area contributed by atoms with E-state index in [9.17, 15) is 4.79 Å². The Morgan fingerprint density at radius 3 is 2.67 bits per heavy atom. The number of H-pyrrole nitrogens is 1. The first kappa shape index (κ1) is 11.9. The third-order valence-corrected chi connectivity index (χ3v) is 2.38. The van der Waals surface area contributed by atoms with Crippen LogP contribution in [0.5, 0.6) is 0 Å². The first-order valence-corrected chi connectivity index (χ1v) is 5.61. The smallest absolute Gasteiger partial charge is 0.266 e. The molecule has 1 heterocycles. The highest BCUT2D eigenvalue weighted by Gasteiger charge is 2.01. The molecule has 0 aliphatic carbocycles. The van der Waals surface area contributed by atoms with E-state index < -0.39 is 0 Å². The van der Waals surface area contributed by atoms with Crippen LogP contribution in [0.15, 0.2) is 27.6 Å². The molecule has 1 aromatic carbocycles. The van der Waals surface area contributed by atoms with E-state index in [1.165, 1.54) is 6.20 Å². The Bertz CT molecular complexity index is 519. The summed E-state index contributed by atoms with van der Waals surface area (Å²) in [5.74, 6) is 0. The lowest BCUT2D eigenvalue weighted by molar-refractivity contribution is 1.21. The van der Waals surface area contributed by atoms with Crippen LogP contribution in [0.25, 0.3) is 11.0 Å². The van der Waals surface area contributed by atoms with Crippen molar-refractivity contribution in [2.45, 2.75) is 20.8 Å². The lowest BCUT2D eigenvalue weighted by atomic mass is 10.2. The lowest BCUT2D eigenvalue weighted by Gasteiger charge is -2.00. The number of halogens is 1. The number of nitrogens with one attached hydrogen (secondary N) is 1. The van der Waals surface area contributed by atoms with Crippen molar-refractivity contribution in [3.8, 4) is 0 Å². The largest absolute Gasteiger partial charge is 0.319 e. The number of nitrogens with zero attached hydrogens (tertiary/aromatic N) is 1. The maximum Gasteiger partial charge on any atom is 0.266 e. The maximum absolute atomic E-state index is 11.0. The van der Waals surface area contributed by atoms with Crippen LogP contribution in [0.2, 0.25) is 0 Å². The number of hydrogen-bond donors (Lipinski definition) is 1. The molecule has 0 unspecified atom stereocenters. The zero-order chi connectivity index (χ0) is 11.4. The molecule has 2 aromatic rings. The summed E-state index contributed by atoms with van der Waals surface area (Å²) in [5, 5.41) is 0. The van der Waals surface area contributed by atoms with Gasteiger partial charge >= 0.3 is 0 Å². The van der Waals surface area contributed by atoms with Crippen LogP contribution in [-0.4, -0.2) is 9.97 Å². The van der Waals surface area contributed by atoms with E-state index in [4.69, 9.17) is 0 Å². The molecule has 0 aliphatic heterocycles. The van der Waals surface area contributed by atoms with Crippen molar-refractivity contribution in [2.24, 2.45) is 0 Å².